The number of carbonyl (C=O) groups excluding carboxylic acids is 1. The molecule has 1 atom stereocenters. The topological polar surface area (TPSA) is 66.4 Å². The predicted molar refractivity (Wildman–Crippen MR) is 74.2 cm³/mol. The summed E-state index contributed by atoms with van der Waals surface area (Å²) in [6.07, 6.45) is -2.79. The fourth-order valence-corrected chi connectivity index (χ4v) is 1.91. The molecule has 1 amide bonds. The summed E-state index contributed by atoms with van der Waals surface area (Å²) in [6, 6.07) is 3.25. The van der Waals surface area contributed by atoms with E-state index in [0.29, 0.717) is 18.4 Å². The number of carboxylic acids is 1. The third-order valence-electron chi connectivity index (χ3n) is 3.13. The second-order valence-electron chi connectivity index (χ2n) is 4.97. The molecule has 0 aliphatic heterocycles. The van der Waals surface area contributed by atoms with Gasteiger partial charge in [-0.1, -0.05) is 31.9 Å². The Kier molecular flexibility index (Phi) is 6.39. The van der Waals surface area contributed by atoms with Crippen molar-refractivity contribution >= 4 is 11.9 Å². The molecule has 22 heavy (non-hydrogen) atoms. The van der Waals surface area contributed by atoms with Gasteiger partial charge in [0.05, 0.1) is 12.0 Å². The van der Waals surface area contributed by atoms with Crippen molar-refractivity contribution in [1.82, 2.24) is 5.32 Å². The first-order valence-electron chi connectivity index (χ1n) is 6.92. The van der Waals surface area contributed by atoms with Crippen LogP contribution in [0.5, 0.6) is 0 Å². The Morgan fingerprint density at radius 3 is 2.27 bits per heavy atom. The van der Waals surface area contributed by atoms with E-state index < -0.39 is 29.7 Å². The predicted octanol–water partition coefficient (Wildman–Crippen LogP) is 3.01. The lowest BCUT2D eigenvalue weighted by molar-refractivity contribution is -0.142. The quantitative estimate of drug-likeness (QED) is 0.812. The van der Waals surface area contributed by atoms with Crippen molar-refractivity contribution in [3.8, 4) is 0 Å². The third kappa shape index (κ3) is 5.75. The lowest BCUT2D eigenvalue weighted by atomic mass is 10.1. The minimum Gasteiger partial charge on any atom is -0.480 e. The van der Waals surface area contributed by atoms with E-state index in [-0.39, 0.29) is 6.42 Å². The summed E-state index contributed by atoms with van der Waals surface area (Å²) >= 11 is 0. The van der Waals surface area contributed by atoms with Gasteiger partial charge in [-0.05, 0) is 24.1 Å². The molecule has 0 aliphatic rings. The van der Waals surface area contributed by atoms with E-state index in [1.807, 2.05) is 6.92 Å². The summed E-state index contributed by atoms with van der Waals surface area (Å²) in [6.45, 7) is 1.91. The van der Waals surface area contributed by atoms with Crippen molar-refractivity contribution < 1.29 is 27.9 Å². The van der Waals surface area contributed by atoms with Gasteiger partial charge in [0, 0.05) is 0 Å². The minimum atomic E-state index is -4.42. The first-order valence-corrected chi connectivity index (χ1v) is 6.92. The number of carbonyl (C=O) groups is 2. The first-order chi connectivity index (χ1) is 10.2. The second-order valence-corrected chi connectivity index (χ2v) is 4.97. The SMILES string of the molecule is CCCC[C@H](NC(=O)Cc1ccc(C(F)(F)F)cc1)C(=O)O. The molecule has 1 aromatic rings. The monoisotopic (exact) mass is 317 g/mol. The van der Waals surface area contributed by atoms with Gasteiger partial charge in [-0.3, -0.25) is 4.79 Å². The van der Waals surface area contributed by atoms with Crippen LogP contribution in [0.25, 0.3) is 0 Å². The smallest absolute Gasteiger partial charge is 0.416 e. The second kappa shape index (κ2) is 7.82. The fraction of sp³-hybridized carbons (Fsp3) is 0.467. The van der Waals surface area contributed by atoms with E-state index in [1.54, 1.807) is 0 Å². The van der Waals surface area contributed by atoms with Gasteiger partial charge in [0.2, 0.25) is 5.91 Å². The summed E-state index contributed by atoms with van der Waals surface area (Å²) in [5.74, 6) is -1.64. The van der Waals surface area contributed by atoms with Crippen molar-refractivity contribution in [3.05, 3.63) is 35.4 Å². The number of rotatable bonds is 7. The number of aliphatic carboxylic acids is 1. The van der Waals surface area contributed by atoms with Crippen LogP contribution >= 0.6 is 0 Å². The minimum absolute atomic E-state index is 0.159. The number of nitrogens with one attached hydrogen (secondary N) is 1. The average Bonchev–Trinajstić information content (AvgIpc) is 2.42. The lowest BCUT2D eigenvalue weighted by Gasteiger charge is -2.14. The molecule has 0 heterocycles. The van der Waals surface area contributed by atoms with Gasteiger partial charge < -0.3 is 10.4 Å². The molecule has 2 N–H and O–H groups in total. The summed E-state index contributed by atoms with van der Waals surface area (Å²) in [4.78, 5) is 22.8. The number of carboxylic acid groups (broad SMARTS) is 1. The molecule has 0 saturated heterocycles. The number of hydrogen-bond acceptors (Lipinski definition) is 2. The molecule has 0 aliphatic carbocycles. The van der Waals surface area contributed by atoms with E-state index in [9.17, 15) is 22.8 Å². The zero-order chi connectivity index (χ0) is 16.8. The number of amides is 1. The van der Waals surface area contributed by atoms with Gasteiger partial charge in [-0.25, -0.2) is 4.79 Å². The largest absolute Gasteiger partial charge is 0.480 e. The Balaban J connectivity index is 2.62. The molecule has 122 valence electrons. The molecule has 0 bridgehead atoms. The third-order valence-corrected chi connectivity index (χ3v) is 3.13. The molecule has 1 aromatic carbocycles. The van der Waals surface area contributed by atoms with Crippen LogP contribution in [0.1, 0.15) is 37.3 Å². The highest BCUT2D eigenvalue weighted by Gasteiger charge is 2.30. The van der Waals surface area contributed by atoms with Crippen molar-refractivity contribution in [2.24, 2.45) is 0 Å². The number of unbranched alkanes of at least 4 members (excludes halogenated alkanes) is 1. The van der Waals surface area contributed by atoms with Crippen molar-refractivity contribution in [2.75, 3.05) is 0 Å². The maximum atomic E-state index is 12.4. The molecule has 0 unspecified atom stereocenters. The Labute approximate surface area is 126 Å². The molecule has 0 radical (unpaired) electrons. The molecule has 0 saturated carbocycles. The van der Waals surface area contributed by atoms with E-state index in [2.05, 4.69) is 5.32 Å². The van der Waals surface area contributed by atoms with E-state index in [0.717, 1.165) is 18.6 Å². The molecular weight excluding hydrogens is 299 g/mol. The highest BCUT2D eigenvalue weighted by molar-refractivity contribution is 5.84. The van der Waals surface area contributed by atoms with Crippen LogP contribution in [-0.4, -0.2) is 23.0 Å². The van der Waals surface area contributed by atoms with Crippen LogP contribution in [0.2, 0.25) is 0 Å². The van der Waals surface area contributed by atoms with E-state index in [1.165, 1.54) is 12.1 Å². The zero-order valence-corrected chi connectivity index (χ0v) is 12.1. The standard InChI is InChI=1S/C15H18F3NO3/c1-2-3-4-12(14(21)22)19-13(20)9-10-5-7-11(8-6-10)15(16,17)18/h5-8,12H,2-4,9H2,1H3,(H,19,20)(H,21,22)/t12-/m0/s1. The molecular formula is C15H18F3NO3. The van der Waals surface area contributed by atoms with Crippen LogP contribution in [0.3, 0.4) is 0 Å². The van der Waals surface area contributed by atoms with E-state index in [4.69, 9.17) is 5.11 Å². The van der Waals surface area contributed by atoms with Gasteiger partial charge in [-0.2, -0.15) is 13.2 Å². The van der Waals surface area contributed by atoms with Gasteiger partial charge >= 0.3 is 12.1 Å². The number of alkyl halides is 3. The average molecular weight is 317 g/mol. The van der Waals surface area contributed by atoms with Crippen molar-refractivity contribution in [1.29, 1.82) is 0 Å². The van der Waals surface area contributed by atoms with E-state index >= 15 is 0 Å². The highest BCUT2D eigenvalue weighted by atomic mass is 19.4. The van der Waals surface area contributed by atoms with Crippen LogP contribution in [0.4, 0.5) is 13.2 Å². The van der Waals surface area contributed by atoms with Crippen molar-refractivity contribution in [2.45, 2.75) is 44.8 Å². The zero-order valence-electron chi connectivity index (χ0n) is 12.1. The Hall–Kier alpha value is -2.05. The lowest BCUT2D eigenvalue weighted by Crippen LogP contribution is -2.41. The molecule has 0 fully saturated rings. The van der Waals surface area contributed by atoms with Crippen LogP contribution in [0.15, 0.2) is 24.3 Å². The fourth-order valence-electron chi connectivity index (χ4n) is 1.91. The van der Waals surface area contributed by atoms with Crippen LogP contribution < -0.4 is 5.32 Å². The highest BCUT2D eigenvalue weighted by Crippen LogP contribution is 2.29. The number of halogens is 3. The first kappa shape index (κ1) is 18.0. The van der Waals surface area contributed by atoms with Crippen molar-refractivity contribution in [3.63, 3.8) is 0 Å². The Morgan fingerprint density at radius 1 is 1.23 bits per heavy atom. The van der Waals surface area contributed by atoms with Gasteiger partial charge in [0.15, 0.2) is 0 Å². The molecule has 7 heteroatoms. The van der Waals surface area contributed by atoms with Crippen LogP contribution in [-0.2, 0) is 22.2 Å². The molecule has 0 aromatic heterocycles. The van der Waals surface area contributed by atoms with Gasteiger partial charge in [-0.15, -0.1) is 0 Å². The Morgan fingerprint density at radius 2 is 1.82 bits per heavy atom. The molecule has 1 rings (SSSR count). The van der Waals surface area contributed by atoms with Crippen LogP contribution in [0, 0.1) is 0 Å². The summed E-state index contributed by atoms with van der Waals surface area (Å²) in [5, 5.41) is 11.4. The Bertz CT molecular complexity index is 512. The summed E-state index contributed by atoms with van der Waals surface area (Å²) in [7, 11) is 0. The maximum Gasteiger partial charge on any atom is 0.416 e. The number of hydrogen-bond donors (Lipinski definition) is 2. The number of benzene rings is 1. The normalized spacial score (nSPS) is 12.7. The van der Waals surface area contributed by atoms with Gasteiger partial charge in [0.1, 0.15) is 6.04 Å². The summed E-state index contributed by atoms with van der Waals surface area (Å²) in [5.41, 5.74) is -0.395. The molecule has 4 nitrogen and oxygen atoms in total. The molecule has 0 spiro atoms. The van der Waals surface area contributed by atoms with Gasteiger partial charge in [0.25, 0.3) is 0 Å². The maximum absolute atomic E-state index is 12.4. The summed E-state index contributed by atoms with van der Waals surface area (Å²) < 4.78 is 37.3.